The summed E-state index contributed by atoms with van der Waals surface area (Å²) in [6.07, 6.45) is 3.50. The van der Waals surface area contributed by atoms with Crippen molar-refractivity contribution < 1.29 is 28.9 Å². The first-order valence-electron chi connectivity index (χ1n) is 13.9. The number of amides is 1. The number of rotatable bonds is 10. The van der Waals surface area contributed by atoms with Crippen LogP contribution in [0.1, 0.15) is 35.5 Å². The third kappa shape index (κ3) is 5.45. The molecule has 41 heavy (non-hydrogen) atoms. The number of fused-ring (bicyclic) bond motifs is 1. The number of carbonyl (C=O) groups is 2. The Kier molecular flexibility index (Phi) is 8.41. The average molecular weight is 561 g/mol. The molecule has 2 aliphatic heterocycles. The first-order chi connectivity index (χ1) is 19.8. The molecular formula is C31H36N4O6. The number of carbonyl (C=O) groups excluding carboxylic acids is 2. The van der Waals surface area contributed by atoms with Gasteiger partial charge in [-0.3, -0.25) is 14.5 Å². The van der Waals surface area contributed by atoms with E-state index in [4.69, 9.17) is 14.2 Å². The number of nitrogens with zero attached hydrogens (tertiary/aromatic N) is 4. The van der Waals surface area contributed by atoms with Gasteiger partial charge in [-0.25, -0.2) is 4.98 Å². The van der Waals surface area contributed by atoms with Crippen LogP contribution in [0, 0.1) is 13.8 Å². The molecule has 0 radical (unpaired) electrons. The van der Waals surface area contributed by atoms with Crippen LogP contribution in [-0.4, -0.2) is 88.6 Å². The van der Waals surface area contributed by atoms with E-state index in [0.29, 0.717) is 67.9 Å². The number of ketones is 1. The molecule has 2 aliphatic rings. The number of aliphatic hydroxyl groups excluding tert-OH is 1. The number of morpholine rings is 1. The van der Waals surface area contributed by atoms with Gasteiger partial charge in [-0.2, -0.15) is 0 Å². The predicted octanol–water partition coefficient (Wildman–Crippen LogP) is 3.67. The molecule has 10 nitrogen and oxygen atoms in total. The summed E-state index contributed by atoms with van der Waals surface area (Å²) >= 11 is 0. The highest BCUT2D eigenvalue weighted by molar-refractivity contribution is 6.46. The number of aryl methyl sites for hydroxylation is 2. The first kappa shape index (κ1) is 28.4. The van der Waals surface area contributed by atoms with Gasteiger partial charge in [0.2, 0.25) is 0 Å². The van der Waals surface area contributed by atoms with Crippen molar-refractivity contribution >= 4 is 23.1 Å². The van der Waals surface area contributed by atoms with Gasteiger partial charge in [0.05, 0.1) is 37.1 Å². The quantitative estimate of drug-likeness (QED) is 0.173. The van der Waals surface area contributed by atoms with Crippen LogP contribution in [0.5, 0.6) is 11.5 Å². The topological polar surface area (TPSA) is 106 Å². The van der Waals surface area contributed by atoms with Crippen molar-refractivity contribution in [3.63, 3.8) is 0 Å². The van der Waals surface area contributed by atoms with Crippen LogP contribution in [0.4, 0.5) is 0 Å². The van der Waals surface area contributed by atoms with Crippen molar-refractivity contribution in [2.24, 2.45) is 0 Å². The number of aromatic nitrogens is 2. The molecule has 0 saturated carbocycles. The van der Waals surface area contributed by atoms with Crippen LogP contribution in [0.2, 0.25) is 0 Å². The molecular weight excluding hydrogens is 524 g/mol. The van der Waals surface area contributed by atoms with Gasteiger partial charge in [0, 0.05) is 32.4 Å². The molecule has 2 saturated heterocycles. The van der Waals surface area contributed by atoms with Gasteiger partial charge in [0.25, 0.3) is 11.7 Å². The lowest BCUT2D eigenvalue weighted by Crippen LogP contribution is -2.42. The zero-order valence-electron chi connectivity index (χ0n) is 23.8. The third-order valence-corrected chi connectivity index (χ3v) is 7.55. The first-order valence-corrected chi connectivity index (χ1v) is 13.9. The number of aliphatic hydroxyl groups is 1. The molecule has 1 unspecified atom stereocenters. The van der Waals surface area contributed by atoms with Crippen LogP contribution < -0.4 is 9.47 Å². The number of Topliss-reactive ketones (excluding diaryl/α,β-unsaturated/α-hetero) is 1. The molecule has 4 heterocycles. The standard InChI is InChI=1S/C31H36N4O6/c1-5-16-41-23-10-9-22(19-24(23)40-6-2)27-25(28(36)26-21(4)34-11-7-8-20(3)30(34)32-26)29(37)31(38)35(27)13-12-33-14-17-39-18-15-33/h5,7-11,19,27,36H,1,6,12-18H2,2-4H3. The molecule has 216 valence electrons. The second-order valence-electron chi connectivity index (χ2n) is 10.1. The molecule has 1 N–H and O–H groups in total. The number of likely N-dealkylation sites (tertiary alicyclic amines) is 1. The van der Waals surface area contributed by atoms with Crippen LogP contribution in [0.3, 0.4) is 0 Å². The number of hydrogen-bond donors (Lipinski definition) is 1. The van der Waals surface area contributed by atoms with Crippen LogP contribution in [-0.2, 0) is 14.3 Å². The number of benzene rings is 1. The largest absolute Gasteiger partial charge is 0.505 e. The molecule has 1 atom stereocenters. The number of ether oxygens (including phenoxy) is 3. The van der Waals surface area contributed by atoms with E-state index in [1.807, 2.05) is 43.5 Å². The third-order valence-electron chi connectivity index (χ3n) is 7.55. The summed E-state index contributed by atoms with van der Waals surface area (Å²) in [6.45, 7) is 13.6. The van der Waals surface area contributed by atoms with Crippen LogP contribution in [0.25, 0.3) is 11.4 Å². The molecule has 5 rings (SSSR count). The Labute approximate surface area is 239 Å². The monoisotopic (exact) mass is 560 g/mol. The number of pyridine rings is 1. The van der Waals surface area contributed by atoms with Gasteiger partial charge in [0.1, 0.15) is 17.9 Å². The second-order valence-corrected chi connectivity index (χ2v) is 10.1. The van der Waals surface area contributed by atoms with Crippen molar-refractivity contribution in [1.29, 1.82) is 0 Å². The lowest BCUT2D eigenvalue weighted by Gasteiger charge is -2.31. The Bertz CT molecular complexity index is 1500. The Morgan fingerprint density at radius 2 is 1.93 bits per heavy atom. The summed E-state index contributed by atoms with van der Waals surface area (Å²) in [7, 11) is 0. The van der Waals surface area contributed by atoms with Crippen molar-refractivity contribution in [2.75, 3.05) is 52.6 Å². The maximum atomic E-state index is 13.6. The van der Waals surface area contributed by atoms with Gasteiger partial charge in [-0.1, -0.05) is 24.8 Å². The number of hydrogen-bond acceptors (Lipinski definition) is 8. The molecule has 2 fully saturated rings. The van der Waals surface area contributed by atoms with Gasteiger partial charge in [-0.05, 0) is 50.1 Å². The summed E-state index contributed by atoms with van der Waals surface area (Å²) in [5.41, 5.74) is 3.16. The molecule has 1 aromatic carbocycles. The van der Waals surface area contributed by atoms with Crippen molar-refractivity contribution in [3.8, 4) is 11.5 Å². The normalized spacial score (nSPS) is 19.2. The Morgan fingerprint density at radius 3 is 2.63 bits per heavy atom. The molecule has 0 bridgehead atoms. The Morgan fingerprint density at radius 1 is 1.15 bits per heavy atom. The minimum absolute atomic E-state index is 0.00310. The van der Waals surface area contributed by atoms with E-state index >= 15 is 0 Å². The Hall–Kier alpha value is -4.15. The average Bonchev–Trinajstić information content (AvgIpc) is 3.45. The zero-order valence-corrected chi connectivity index (χ0v) is 23.8. The molecule has 0 aliphatic carbocycles. The summed E-state index contributed by atoms with van der Waals surface area (Å²) in [5.74, 6) is -0.703. The van der Waals surface area contributed by atoms with E-state index in [1.165, 1.54) is 4.90 Å². The summed E-state index contributed by atoms with van der Waals surface area (Å²) < 4.78 is 19.0. The summed E-state index contributed by atoms with van der Waals surface area (Å²) in [6, 6.07) is 8.32. The highest BCUT2D eigenvalue weighted by atomic mass is 16.5. The Balaban J connectivity index is 1.63. The van der Waals surface area contributed by atoms with Crippen LogP contribution >= 0.6 is 0 Å². The van der Waals surface area contributed by atoms with E-state index < -0.39 is 17.7 Å². The maximum Gasteiger partial charge on any atom is 0.295 e. The van der Waals surface area contributed by atoms with Gasteiger partial charge < -0.3 is 28.6 Å². The van der Waals surface area contributed by atoms with E-state index in [1.54, 1.807) is 24.3 Å². The van der Waals surface area contributed by atoms with Crippen molar-refractivity contribution in [2.45, 2.75) is 26.8 Å². The van der Waals surface area contributed by atoms with Gasteiger partial charge in [0.15, 0.2) is 17.3 Å². The maximum absolute atomic E-state index is 13.6. The fraction of sp³-hybridized carbons (Fsp3) is 0.387. The number of imidazole rings is 1. The van der Waals surface area contributed by atoms with E-state index in [9.17, 15) is 14.7 Å². The lowest BCUT2D eigenvalue weighted by atomic mass is 9.96. The van der Waals surface area contributed by atoms with E-state index in [-0.39, 0.29) is 17.0 Å². The second kappa shape index (κ2) is 12.2. The minimum atomic E-state index is -0.839. The smallest absolute Gasteiger partial charge is 0.295 e. The van der Waals surface area contributed by atoms with Crippen molar-refractivity contribution in [1.82, 2.24) is 19.2 Å². The zero-order chi connectivity index (χ0) is 29.1. The predicted molar refractivity (Wildman–Crippen MR) is 154 cm³/mol. The SMILES string of the molecule is C=CCOc1ccc(C2C(=C(O)c3nc4c(C)cccn4c3C)C(=O)C(=O)N2CCN2CCOCC2)cc1OCC. The van der Waals surface area contributed by atoms with E-state index in [2.05, 4.69) is 16.5 Å². The van der Waals surface area contributed by atoms with Gasteiger partial charge >= 0.3 is 0 Å². The van der Waals surface area contributed by atoms with Crippen molar-refractivity contribution in [3.05, 3.63) is 77.3 Å². The summed E-state index contributed by atoms with van der Waals surface area (Å²) in [5, 5.41) is 11.7. The van der Waals surface area contributed by atoms with E-state index in [0.717, 1.165) is 18.7 Å². The minimum Gasteiger partial charge on any atom is -0.505 e. The highest BCUT2D eigenvalue weighted by Gasteiger charge is 2.46. The molecule has 1 amide bonds. The lowest BCUT2D eigenvalue weighted by molar-refractivity contribution is -0.140. The molecule has 3 aromatic rings. The molecule has 2 aromatic heterocycles. The molecule has 0 spiro atoms. The van der Waals surface area contributed by atoms with Crippen LogP contribution in [0.15, 0.2) is 54.8 Å². The molecule has 10 heteroatoms. The fourth-order valence-electron chi connectivity index (χ4n) is 5.44. The fourth-order valence-corrected chi connectivity index (χ4v) is 5.44. The highest BCUT2D eigenvalue weighted by Crippen LogP contribution is 2.42. The summed E-state index contributed by atoms with van der Waals surface area (Å²) in [4.78, 5) is 35.6. The van der Waals surface area contributed by atoms with Gasteiger partial charge in [-0.15, -0.1) is 0 Å².